The highest BCUT2D eigenvalue weighted by Gasteiger charge is 2.37. The lowest BCUT2D eigenvalue weighted by atomic mass is 9.94. The highest BCUT2D eigenvalue weighted by atomic mass is 32.2. The number of ether oxygens (including phenoxy) is 4. The molecular weight excluding hydrogens is 380 g/mol. The Bertz CT molecular complexity index is 834. The van der Waals surface area contributed by atoms with Crippen LogP contribution in [0.2, 0.25) is 0 Å². The lowest BCUT2D eigenvalue weighted by molar-refractivity contribution is -0.139. The summed E-state index contributed by atoms with van der Waals surface area (Å²) in [6.45, 7) is 4.84. The monoisotopic (exact) mass is 404 g/mol. The van der Waals surface area contributed by atoms with E-state index in [1.165, 1.54) is 11.8 Å². The van der Waals surface area contributed by atoms with Gasteiger partial charge in [0.2, 0.25) is 0 Å². The zero-order valence-electron chi connectivity index (χ0n) is 16.4. The predicted octanol–water partition coefficient (Wildman–Crippen LogP) is 3.49. The second-order valence-corrected chi connectivity index (χ2v) is 6.95. The van der Waals surface area contributed by atoms with E-state index in [0.29, 0.717) is 42.6 Å². The van der Waals surface area contributed by atoms with Gasteiger partial charge in [0, 0.05) is 13.3 Å². The molecule has 0 bridgehead atoms. The lowest BCUT2D eigenvalue weighted by Crippen LogP contribution is -2.34. The number of hydrogen-bond donors (Lipinski definition) is 0. The molecule has 7 nitrogen and oxygen atoms in total. The van der Waals surface area contributed by atoms with Crippen LogP contribution in [0, 0.1) is 0 Å². The molecule has 0 spiro atoms. The molecule has 0 N–H and O–H groups in total. The SMILES string of the molecule is CCOC(=O)C1=C(C)N=C2SC=CN2[C@H]1c1ccc(OCCOC)c(OC)c1. The number of amidine groups is 1. The minimum atomic E-state index is -0.363. The third kappa shape index (κ3) is 4.02. The van der Waals surface area contributed by atoms with Crippen molar-refractivity contribution >= 4 is 22.9 Å². The normalized spacial score (nSPS) is 18.1. The van der Waals surface area contributed by atoms with Crippen LogP contribution in [0.4, 0.5) is 0 Å². The molecule has 0 unspecified atom stereocenters. The number of rotatable bonds is 8. The van der Waals surface area contributed by atoms with E-state index in [4.69, 9.17) is 18.9 Å². The van der Waals surface area contributed by atoms with Crippen LogP contribution < -0.4 is 9.47 Å². The van der Waals surface area contributed by atoms with Crippen molar-refractivity contribution in [3.05, 3.63) is 46.6 Å². The maximum atomic E-state index is 12.7. The van der Waals surface area contributed by atoms with Gasteiger partial charge < -0.3 is 23.8 Å². The maximum Gasteiger partial charge on any atom is 0.338 e. The minimum absolute atomic E-state index is 0.305. The number of carbonyl (C=O) groups is 1. The first kappa shape index (κ1) is 20.3. The van der Waals surface area contributed by atoms with E-state index in [-0.39, 0.29) is 12.0 Å². The Balaban J connectivity index is 2.00. The Hall–Kier alpha value is -2.45. The number of benzene rings is 1. The Morgan fingerprint density at radius 3 is 2.79 bits per heavy atom. The summed E-state index contributed by atoms with van der Waals surface area (Å²) in [5.41, 5.74) is 2.07. The van der Waals surface area contributed by atoms with E-state index in [9.17, 15) is 4.79 Å². The average molecular weight is 404 g/mol. The van der Waals surface area contributed by atoms with Crippen molar-refractivity contribution in [2.24, 2.45) is 4.99 Å². The summed E-state index contributed by atoms with van der Waals surface area (Å²) in [7, 11) is 3.22. The number of nitrogens with zero attached hydrogens (tertiary/aromatic N) is 2. The molecule has 0 aromatic heterocycles. The quantitative estimate of drug-likeness (QED) is 0.485. The van der Waals surface area contributed by atoms with E-state index in [1.807, 2.05) is 41.6 Å². The van der Waals surface area contributed by atoms with Gasteiger partial charge in [-0.15, -0.1) is 0 Å². The van der Waals surface area contributed by atoms with E-state index in [2.05, 4.69) is 4.99 Å². The summed E-state index contributed by atoms with van der Waals surface area (Å²) in [6, 6.07) is 5.32. The molecule has 3 rings (SSSR count). The molecule has 1 aromatic rings. The Labute approximate surface area is 169 Å². The third-order valence-corrected chi connectivity index (χ3v) is 5.14. The highest BCUT2D eigenvalue weighted by molar-refractivity contribution is 8.16. The first-order chi connectivity index (χ1) is 13.6. The highest BCUT2D eigenvalue weighted by Crippen LogP contribution is 2.43. The maximum absolute atomic E-state index is 12.7. The predicted molar refractivity (Wildman–Crippen MR) is 108 cm³/mol. The summed E-state index contributed by atoms with van der Waals surface area (Å²) in [4.78, 5) is 19.2. The molecule has 0 radical (unpaired) electrons. The van der Waals surface area contributed by atoms with Gasteiger partial charge in [-0.2, -0.15) is 0 Å². The molecule has 0 aliphatic carbocycles. The van der Waals surface area contributed by atoms with Gasteiger partial charge in [-0.3, -0.25) is 0 Å². The molecule has 0 fully saturated rings. The van der Waals surface area contributed by atoms with Gasteiger partial charge in [0.05, 0.1) is 37.6 Å². The van der Waals surface area contributed by atoms with Crippen molar-refractivity contribution < 1.29 is 23.7 Å². The summed E-state index contributed by atoms with van der Waals surface area (Å²) >= 11 is 1.52. The lowest BCUT2D eigenvalue weighted by Gasteiger charge is -2.33. The van der Waals surface area contributed by atoms with Crippen LogP contribution in [-0.2, 0) is 14.3 Å². The fourth-order valence-electron chi connectivity index (χ4n) is 3.11. The number of hydrogen-bond acceptors (Lipinski definition) is 8. The fourth-order valence-corrected chi connectivity index (χ4v) is 3.90. The van der Waals surface area contributed by atoms with Crippen molar-refractivity contribution in [3.8, 4) is 11.5 Å². The Kier molecular flexibility index (Phi) is 6.64. The van der Waals surface area contributed by atoms with Crippen LogP contribution in [0.25, 0.3) is 0 Å². The summed E-state index contributed by atoms with van der Waals surface area (Å²) in [6.07, 6.45) is 1.93. The molecule has 2 heterocycles. The second kappa shape index (κ2) is 9.16. The number of thioether (sulfide) groups is 1. The van der Waals surface area contributed by atoms with Gasteiger partial charge in [-0.25, -0.2) is 9.79 Å². The van der Waals surface area contributed by atoms with Crippen LogP contribution >= 0.6 is 11.8 Å². The van der Waals surface area contributed by atoms with Crippen molar-refractivity contribution in [1.82, 2.24) is 4.90 Å². The van der Waals surface area contributed by atoms with Crippen molar-refractivity contribution in [1.29, 1.82) is 0 Å². The minimum Gasteiger partial charge on any atom is -0.493 e. The van der Waals surface area contributed by atoms with Gasteiger partial charge in [-0.05, 0) is 37.0 Å². The molecule has 0 saturated carbocycles. The van der Waals surface area contributed by atoms with E-state index < -0.39 is 0 Å². The molecule has 150 valence electrons. The molecule has 0 saturated heterocycles. The molecule has 1 atom stereocenters. The van der Waals surface area contributed by atoms with Crippen molar-refractivity contribution in [2.75, 3.05) is 34.0 Å². The van der Waals surface area contributed by atoms with Gasteiger partial charge in [0.25, 0.3) is 0 Å². The Morgan fingerprint density at radius 1 is 1.25 bits per heavy atom. The van der Waals surface area contributed by atoms with Crippen molar-refractivity contribution in [2.45, 2.75) is 19.9 Å². The summed E-state index contributed by atoms with van der Waals surface area (Å²) in [5, 5.41) is 2.78. The number of methoxy groups -OCH3 is 2. The first-order valence-corrected chi connectivity index (χ1v) is 9.86. The van der Waals surface area contributed by atoms with Gasteiger partial charge >= 0.3 is 5.97 Å². The molecule has 1 aromatic carbocycles. The zero-order chi connectivity index (χ0) is 20.1. The molecule has 28 heavy (non-hydrogen) atoms. The number of fused-ring (bicyclic) bond motifs is 1. The van der Waals surface area contributed by atoms with Crippen LogP contribution in [0.5, 0.6) is 11.5 Å². The summed E-state index contributed by atoms with van der Waals surface area (Å²) in [5.74, 6) is 0.851. The molecule has 2 aliphatic heterocycles. The standard InChI is InChI=1S/C20H24N2O5S/c1-5-26-19(23)17-13(2)21-20-22(8-11-28-20)18(17)14-6-7-15(16(12-14)25-4)27-10-9-24-3/h6-8,11-12,18H,5,9-10H2,1-4H3/t18-/m0/s1. The first-order valence-electron chi connectivity index (χ1n) is 8.98. The Morgan fingerprint density at radius 2 is 2.07 bits per heavy atom. The number of esters is 1. The molecule has 0 amide bonds. The number of allylic oxidation sites excluding steroid dienone is 1. The average Bonchev–Trinajstić information content (AvgIpc) is 3.15. The molecular formula is C20H24N2O5S. The van der Waals surface area contributed by atoms with Crippen LogP contribution in [-0.4, -0.2) is 50.1 Å². The zero-order valence-corrected chi connectivity index (χ0v) is 17.2. The van der Waals surface area contributed by atoms with E-state index in [0.717, 1.165) is 10.7 Å². The van der Waals surface area contributed by atoms with Crippen LogP contribution in [0.1, 0.15) is 25.5 Å². The third-order valence-electron chi connectivity index (χ3n) is 4.36. The fraction of sp³-hybridized carbons (Fsp3) is 0.400. The van der Waals surface area contributed by atoms with E-state index in [1.54, 1.807) is 21.1 Å². The van der Waals surface area contributed by atoms with Crippen LogP contribution in [0.15, 0.2) is 46.1 Å². The smallest absolute Gasteiger partial charge is 0.338 e. The largest absolute Gasteiger partial charge is 0.493 e. The van der Waals surface area contributed by atoms with Crippen LogP contribution in [0.3, 0.4) is 0 Å². The van der Waals surface area contributed by atoms with Gasteiger partial charge in [0.1, 0.15) is 6.61 Å². The second-order valence-electron chi connectivity index (χ2n) is 6.08. The number of carbonyl (C=O) groups excluding carboxylic acids is 1. The van der Waals surface area contributed by atoms with Crippen molar-refractivity contribution in [3.63, 3.8) is 0 Å². The summed E-state index contributed by atoms with van der Waals surface area (Å²) < 4.78 is 21.6. The topological polar surface area (TPSA) is 69.6 Å². The number of aliphatic imine (C=N–C) groups is 1. The van der Waals surface area contributed by atoms with Gasteiger partial charge in [-0.1, -0.05) is 17.8 Å². The van der Waals surface area contributed by atoms with E-state index >= 15 is 0 Å². The molecule has 2 aliphatic rings. The molecule has 8 heteroatoms. The van der Waals surface area contributed by atoms with Gasteiger partial charge in [0.15, 0.2) is 16.7 Å².